The fraction of sp³-hybridized carbons (Fsp3) is 0.833. The first-order chi connectivity index (χ1) is 4.63. The van der Waals surface area contributed by atoms with Crippen LogP contribution in [0.25, 0.3) is 0 Å². The zero-order chi connectivity index (χ0) is 8.15. The van der Waals surface area contributed by atoms with E-state index in [1.54, 1.807) is 21.0 Å². The van der Waals surface area contributed by atoms with E-state index in [-0.39, 0.29) is 18.7 Å². The van der Waals surface area contributed by atoms with E-state index in [1.807, 2.05) is 0 Å². The van der Waals surface area contributed by atoms with Gasteiger partial charge in [-0.3, -0.25) is 0 Å². The quantitative estimate of drug-likeness (QED) is 0.559. The summed E-state index contributed by atoms with van der Waals surface area (Å²) in [6.45, 7) is 1.76. The van der Waals surface area contributed by atoms with Crippen molar-refractivity contribution in [1.82, 2.24) is 10.2 Å². The highest BCUT2D eigenvalue weighted by Crippen LogP contribution is 1.92. The summed E-state index contributed by atoms with van der Waals surface area (Å²) >= 11 is 0. The number of amides is 2. The monoisotopic (exact) mass is 146 g/mol. The van der Waals surface area contributed by atoms with Crippen LogP contribution < -0.4 is 5.32 Å². The van der Waals surface area contributed by atoms with Crippen LogP contribution in [0.3, 0.4) is 0 Å². The van der Waals surface area contributed by atoms with Crippen molar-refractivity contribution in [3.8, 4) is 0 Å². The van der Waals surface area contributed by atoms with Crippen LogP contribution in [0.1, 0.15) is 6.92 Å². The number of aliphatic hydroxyl groups is 1. The molecule has 0 aromatic rings. The summed E-state index contributed by atoms with van der Waals surface area (Å²) in [7, 11) is 3.20. The van der Waals surface area contributed by atoms with Crippen LogP contribution in [0.5, 0.6) is 0 Å². The Bertz CT molecular complexity index is 116. The number of nitrogens with one attached hydrogen (secondary N) is 1. The zero-order valence-corrected chi connectivity index (χ0v) is 6.59. The van der Waals surface area contributed by atoms with Crippen LogP contribution >= 0.6 is 0 Å². The van der Waals surface area contributed by atoms with Crippen LogP contribution in [-0.2, 0) is 0 Å². The molecule has 0 saturated carbocycles. The highest BCUT2D eigenvalue weighted by molar-refractivity contribution is 5.73. The molecule has 4 heteroatoms. The van der Waals surface area contributed by atoms with Crippen LogP contribution in [0.4, 0.5) is 4.79 Å². The van der Waals surface area contributed by atoms with Gasteiger partial charge in [0.15, 0.2) is 0 Å². The summed E-state index contributed by atoms with van der Waals surface area (Å²) < 4.78 is 0. The molecule has 0 spiro atoms. The van der Waals surface area contributed by atoms with Gasteiger partial charge in [-0.1, -0.05) is 0 Å². The second-order valence-corrected chi connectivity index (χ2v) is 2.20. The van der Waals surface area contributed by atoms with Crippen LogP contribution in [-0.4, -0.2) is 42.8 Å². The minimum atomic E-state index is -0.179. The van der Waals surface area contributed by atoms with Gasteiger partial charge in [-0.2, -0.15) is 0 Å². The van der Waals surface area contributed by atoms with Gasteiger partial charge in [0.1, 0.15) is 0 Å². The van der Waals surface area contributed by atoms with Crippen molar-refractivity contribution in [2.75, 3.05) is 20.7 Å². The van der Waals surface area contributed by atoms with Gasteiger partial charge in [-0.25, -0.2) is 4.79 Å². The molecule has 0 radical (unpaired) electrons. The van der Waals surface area contributed by atoms with Crippen molar-refractivity contribution in [2.45, 2.75) is 13.0 Å². The molecule has 0 heterocycles. The topological polar surface area (TPSA) is 52.6 Å². The van der Waals surface area contributed by atoms with Gasteiger partial charge >= 0.3 is 6.03 Å². The Morgan fingerprint density at radius 2 is 2.30 bits per heavy atom. The third-order valence-electron chi connectivity index (χ3n) is 1.46. The van der Waals surface area contributed by atoms with Crippen molar-refractivity contribution < 1.29 is 9.90 Å². The third-order valence-corrected chi connectivity index (χ3v) is 1.46. The Morgan fingerprint density at radius 3 is 2.60 bits per heavy atom. The molecule has 2 N–H and O–H groups in total. The van der Waals surface area contributed by atoms with E-state index in [2.05, 4.69) is 5.32 Å². The van der Waals surface area contributed by atoms with Gasteiger partial charge in [0, 0.05) is 14.1 Å². The first-order valence-corrected chi connectivity index (χ1v) is 3.18. The predicted octanol–water partition coefficient (Wildman–Crippen LogP) is -0.362. The highest BCUT2D eigenvalue weighted by atomic mass is 16.3. The largest absolute Gasteiger partial charge is 0.394 e. The summed E-state index contributed by atoms with van der Waals surface area (Å²) in [5.74, 6) is 0. The minimum absolute atomic E-state index is 0.0100. The van der Waals surface area contributed by atoms with Gasteiger partial charge < -0.3 is 15.3 Å². The zero-order valence-electron chi connectivity index (χ0n) is 6.59. The third kappa shape index (κ3) is 2.23. The molecule has 0 saturated heterocycles. The molecule has 60 valence electrons. The molecule has 0 aromatic carbocycles. The van der Waals surface area contributed by atoms with Crippen molar-refractivity contribution in [3.05, 3.63) is 0 Å². The number of likely N-dealkylation sites (N-methyl/N-ethyl adjacent to an activating group) is 1. The molecule has 0 aliphatic rings. The Labute approximate surface area is 60.8 Å². The van der Waals surface area contributed by atoms with E-state index in [9.17, 15) is 4.79 Å². The van der Waals surface area contributed by atoms with E-state index in [4.69, 9.17) is 5.11 Å². The number of rotatable bonds is 2. The molecule has 2 amide bonds. The Balaban J connectivity index is 3.81. The van der Waals surface area contributed by atoms with Gasteiger partial charge in [0.2, 0.25) is 0 Å². The fourth-order valence-electron chi connectivity index (χ4n) is 0.499. The summed E-state index contributed by atoms with van der Waals surface area (Å²) in [6, 6.07) is -0.304. The summed E-state index contributed by atoms with van der Waals surface area (Å²) in [5, 5.41) is 11.1. The van der Waals surface area contributed by atoms with Crippen molar-refractivity contribution in [1.29, 1.82) is 0 Å². The van der Waals surface area contributed by atoms with Gasteiger partial charge in [-0.15, -0.1) is 0 Å². The second kappa shape index (κ2) is 4.11. The van der Waals surface area contributed by atoms with Gasteiger partial charge in [0.25, 0.3) is 0 Å². The number of carbonyl (C=O) groups is 1. The van der Waals surface area contributed by atoms with E-state index in [0.29, 0.717) is 0 Å². The fourth-order valence-corrected chi connectivity index (χ4v) is 0.499. The maximum absolute atomic E-state index is 10.8. The lowest BCUT2D eigenvalue weighted by molar-refractivity contribution is 0.159. The van der Waals surface area contributed by atoms with E-state index < -0.39 is 0 Å². The normalized spacial score (nSPS) is 12.4. The minimum Gasteiger partial charge on any atom is -0.394 e. The van der Waals surface area contributed by atoms with E-state index >= 15 is 0 Å². The Morgan fingerprint density at radius 1 is 1.80 bits per heavy atom. The highest BCUT2D eigenvalue weighted by Gasteiger charge is 2.11. The Kier molecular flexibility index (Phi) is 3.79. The van der Waals surface area contributed by atoms with Crippen molar-refractivity contribution in [2.24, 2.45) is 0 Å². The van der Waals surface area contributed by atoms with Crippen molar-refractivity contribution in [3.63, 3.8) is 0 Å². The molecule has 0 bridgehead atoms. The van der Waals surface area contributed by atoms with Crippen molar-refractivity contribution >= 4 is 6.03 Å². The number of hydrogen-bond donors (Lipinski definition) is 2. The van der Waals surface area contributed by atoms with E-state index in [1.165, 1.54) is 4.90 Å². The number of aliphatic hydroxyl groups excluding tert-OH is 1. The maximum atomic E-state index is 10.8. The molecular formula is C6H14N2O2. The molecule has 0 aliphatic carbocycles. The summed E-state index contributed by atoms with van der Waals surface area (Å²) in [5.41, 5.74) is 0. The molecular weight excluding hydrogens is 132 g/mol. The van der Waals surface area contributed by atoms with Gasteiger partial charge in [-0.05, 0) is 6.92 Å². The van der Waals surface area contributed by atoms with Crippen LogP contribution in [0.15, 0.2) is 0 Å². The first-order valence-electron chi connectivity index (χ1n) is 3.18. The molecule has 1 unspecified atom stereocenters. The summed E-state index contributed by atoms with van der Waals surface area (Å²) in [6.07, 6.45) is 0. The molecule has 10 heavy (non-hydrogen) atoms. The molecule has 0 fully saturated rings. The predicted molar refractivity (Wildman–Crippen MR) is 38.8 cm³/mol. The lowest BCUT2D eigenvalue weighted by atomic mass is 10.3. The number of hydrogen-bond acceptors (Lipinski definition) is 2. The summed E-state index contributed by atoms with van der Waals surface area (Å²) in [4.78, 5) is 12.3. The van der Waals surface area contributed by atoms with Crippen LogP contribution in [0.2, 0.25) is 0 Å². The lowest BCUT2D eigenvalue weighted by Crippen LogP contribution is -2.42. The lowest BCUT2D eigenvalue weighted by Gasteiger charge is -2.22. The second-order valence-electron chi connectivity index (χ2n) is 2.20. The average Bonchev–Trinajstić information content (AvgIpc) is 2.00. The smallest absolute Gasteiger partial charge is 0.317 e. The standard InChI is InChI=1S/C6H14N2O2/c1-5(4-9)8(3)6(10)7-2/h5,9H,4H2,1-3H3,(H,7,10). The number of urea groups is 1. The maximum Gasteiger partial charge on any atom is 0.317 e. The molecule has 0 rings (SSSR count). The number of carbonyl (C=O) groups excluding carboxylic acids is 1. The van der Waals surface area contributed by atoms with Crippen LogP contribution in [0, 0.1) is 0 Å². The molecule has 1 atom stereocenters. The first kappa shape index (κ1) is 9.23. The van der Waals surface area contributed by atoms with E-state index in [0.717, 1.165) is 0 Å². The number of nitrogens with zero attached hydrogens (tertiary/aromatic N) is 1. The van der Waals surface area contributed by atoms with Gasteiger partial charge in [0.05, 0.1) is 12.6 Å². The average molecular weight is 146 g/mol. The molecule has 4 nitrogen and oxygen atoms in total. The Hall–Kier alpha value is -0.770. The SMILES string of the molecule is CNC(=O)N(C)C(C)CO. The molecule has 0 aliphatic heterocycles. The molecule has 0 aromatic heterocycles.